The molecule has 1 aromatic rings. The van der Waals surface area contributed by atoms with Gasteiger partial charge in [-0.3, -0.25) is 4.79 Å². The van der Waals surface area contributed by atoms with Crippen molar-refractivity contribution in [1.29, 1.82) is 0 Å². The first kappa shape index (κ1) is 17.0. The number of carbonyl (C=O) groups excluding carboxylic acids is 2. The summed E-state index contributed by atoms with van der Waals surface area (Å²) in [5.74, 6) is -0.0115. The van der Waals surface area contributed by atoms with Crippen LogP contribution in [0.25, 0.3) is 0 Å². The van der Waals surface area contributed by atoms with Gasteiger partial charge in [0.1, 0.15) is 0 Å². The summed E-state index contributed by atoms with van der Waals surface area (Å²) in [7, 11) is 5.03. The lowest BCUT2D eigenvalue weighted by atomic mass is 10.1. The van der Waals surface area contributed by atoms with Crippen molar-refractivity contribution in [2.75, 3.05) is 27.7 Å². The van der Waals surface area contributed by atoms with Gasteiger partial charge in [0, 0.05) is 40.7 Å². The summed E-state index contributed by atoms with van der Waals surface area (Å²) in [6.45, 7) is 1.31. The van der Waals surface area contributed by atoms with Crippen molar-refractivity contribution in [3.63, 3.8) is 0 Å². The fraction of sp³-hybridized carbons (Fsp3) is 0.467. The second-order valence-electron chi connectivity index (χ2n) is 4.90. The summed E-state index contributed by atoms with van der Waals surface area (Å²) >= 11 is 0. The molecule has 0 fully saturated rings. The van der Waals surface area contributed by atoms with Gasteiger partial charge in [0.05, 0.1) is 6.61 Å². The van der Waals surface area contributed by atoms with E-state index in [4.69, 9.17) is 4.74 Å². The summed E-state index contributed by atoms with van der Waals surface area (Å²) in [5, 5.41) is 5.41. The number of hydrogen-bond acceptors (Lipinski definition) is 3. The van der Waals surface area contributed by atoms with E-state index in [0.29, 0.717) is 26.1 Å². The average molecular weight is 293 g/mol. The molecule has 2 N–H and O–H groups in total. The Kier molecular flexibility index (Phi) is 7.25. The van der Waals surface area contributed by atoms with Crippen LogP contribution in [0.3, 0.4) is 0 Å². The molecule has 0 heterocycles. The second-order valence-corrected chi connectivity index (χ2v) is 4.90. The highest BCUT2D eigenvalue weighted by molar-refractivity contribution is 5.77. The molecule has 21 heavy (non-hydrogen) atoms. The van der Waals surface area contributed by atoms with Gasteiger partial charge < -0.3 is 20.3 Å². The van der Waals surface area contributed by atoms with Gasteiger partial charge in [-0.2, -0.15) is 0 Å². The van der Waals surface area contributed by atoms with Crippen LogP contribution in [-0.2, 0) is 22.7 Å². The molecule has 1 aromatic carbocycles. The SMILES string of the molecule is COCc1cccc(CNC(=O)NCCC(=O)N(C)C)c1. The van der Waals surface area contributed by atoms with Crippen LogP contribution in [0.5, 0.6) is 0 Å². The molecular formula is C15H23N3O3. The number of amides is 3. The van der Waals surface area contributed by atoms with Gasteiger partial charge in [-0.05, 0) is 11.1 Å². The fourth-order valence-electron chi connectivity index (χ4n) is 1.75. The third-order valence-electron chi connectivity index (χ3n) is 2.88. The zero-order valence-corrected chi connectivity index (χ0v) is 12.8. The number of benzene rings is 1. The fourth-order valence-corrected chi connectivity index (χ4v) is 1.75. The lowest BCUT2D eigenvalue weighted by Crippen LogP contribution is -2.37. The van der Waals surface area contributed by atoms with Gasteiger partial charge in [-0.25, -0.2) is 4.79 Å². The van der Waals surface area contributed by atoms with Crippen LogP contribution in [0.1, 0.15) is 17.5 Å². The number of rotatable bonds is 7. The number of urea groups is 1. The Morgan fingerprint density at radius 1 is 1.19 bits per heavy atom. The number of methoxy groups -OCH3 is 1. The lowest BCUT2D eigenvalue weighted by molar-refractivity contribution is -0.128. The van der Waals surface area contributed by atoms with Crippen molar-refractivity contribution in [2.45, 2.75) is 19.6 Å². The Hall–Kier alpha value is -2.08. The van der Waals surface area contributed by atoms with E-state index in [2.05, 4.69) is 10.6 Å². The molecule has 0 aliphatic heterocycles. The monoisotopic (exact) mass is 293 g/mol. The van der Waals surface area contributed by atoms with Gasteiger partial charge in [0.2, 0.25) is 5.91 Å². The molecule has 6 heteroatoms. The normalized spacial score (nSPS) is 10.0. The first-order valence-electron chi connectivity index (χ1n) is 6.81. The highest BCUT2D eigenvalue weighted by Crippen LogP contribution is 2.06. The van der Waals surface area contributed by atoms with E-state index >= 15 is 0 Å². The topological polar surface area (TPSA) is 70.7 Å². The molecule has 0 aliphatic rings. The molecule has 6 nitrogen and oxygen atoms in total. The minimum atomic E-state index is -0.279. The van der Waals surface area contributed by atoms with E-state index in [-0.39, 0.29) is 11.9 Å². The third-order valence-corrected chi connectivity index (χ3v) is 2.88. The second kappa shape index (κ2) is 8.97. The summed E-state index contributed by atoms with van der Waals surface area (Å²) in [5.41, 5.74) is 2.07. The molecule has 0 atom stereocenters. The van der Waals surface area contributed by atoms with E-state index in [0.717, 1.165) is 11.1 Å². The summed E-state index contributed by atoms with van der Waals surface area (Å²) < 4.78 is 5.07. The molecule has 0 saturated carbocycles. The summed E-state index contributed by atoms with van der Waals surface area (Å²) in [6.07, 6.45) is 0.295. The van der Waals surface area contributed by atoms with Crippen molar-refractivity contribution < 1.29 is 14.3 Å². The van der Waals surface area contributed by atoms with Crippen LogP contribution < -0.4 is 10.6 Å². The van der Waals surface area contributed by atoms with Crippen LogP contribution in [0.15, 0.2) is 24.3 Å². The van der Waals surface area contributed by atoms with Crippen LogP contribution in [0.2, 0.25) is 0 Å². The molecule has 0 saturated heterocycles. The first-order valence-corrected chi connectivity index (χ1v) is 6.81. The Labute approximate surface area is 125 Å². The van der Waals surface area contributed by atoms with Crippen LogP contribution >= 0.6 is 0 Å². The van der Waals surface area contributed by atoms with Crippen molar-refractivity contribution in [3.8, 4) is 0 Å². The lowest BCUT2D eigenvalue weighted by Gasteiger charge is -2.11. The molecule has 3 amide bonds. The van der Waals surface area contributed by atoms with E-state index in [9.17, 15) is 9.59 Å². The zero-order valence-electron chi connectivity index (χ0n) is 12.8. The quantitative estimate of drug-likeness (QED) is 0.791. The van der Waals surface area contributed by atoms with Crippen molar-refractivity contribution in [2.24, 2.45) is 0 Å². The van der Waals surface area contributed by atoms with Crippen molar-refractivity contribution in [1.82, 2.24) is 15.5 Å². The number of carbonyl (C=O) groups is 2. The van der Waals surface area contributed by atoms with Gasteiger partial charge in [-0.1, -0.05) is 24.3 Å². The molecular weight excluding hydrogens is 270 g/mol. The first-order chi connectivity index (χ1) is 10.0. The molecule has 0 aromatic heterocycles. The maximum Gasteiger partial charge on any atom is 0.315 e. The number of hydrogen-bond donors (Lipinski definition) is 2. The molecule has 0 spiro atoms. The third kappa shape index (κ3) is 6.76. The predicted molar refractivity (Wildman–Crippen MR) is 80.7 cm³/mol. The molecule has 0 aliphatic carbocycles. The molecule has 0 radical (unpaired) electrons. The number of nitrogens with zero attached hydrogens (tertiary/aromatic N) is 1. The van der Waals surface area contributed by atoms with Crippen LogP contribution in [0, 0.1) is 0 Å². The maximum absolute atomic E-state index is 11.6. The molecule has 1 rings (SSSR count). The largest absolute Gasteiger partial charge is 0.380 e. The van der Waals surface area contributed by atoms with Crippen LogP contribution in [0.4, 0.5) is 4.79 Å². The zero-order chi connectivity index (χ0) is 15.7. The van der Waals surface area contributed by atoms with Crippen molar-refractivity contribution in [3.05, 3.63) is 35.4 Å². The Morgan fingerprint density at radius 2 is 1.90 bits per heavy atom. The number of nitrogens with one attached hydrogen (secondary N) is 2. The number of ether oxygens (including phenoxy) is 1. The molecule has 0 bridgehead atoms. The highest BCUT2D eigenvalue weighted by Gasteiger charge is 2.05. The van der Waals surface area contributed by atoms with Gasteiger partial charge in [0.15, 0.2) is 0 Å². The van der Waals surface area contributed by atoms with E-state index in [1.807, 2.05) is 24.3 Å². The Morgan fingerprint density at radius 3 is 2.57 bits per heavy atom. The summed E-state index contributed by atoms with van der Waals surface area (Å²) in [6, 6.07) is 7.55. The average Bonchev–Trinajstić information content (AvgIpc) is 2.45. The molecule has 116 valence electrons. The minimum absolute atomic E-state index is 0.0115. The van der Waals surface area contributed by atoms with Gasteiger partial charge in [-0.15, -0.1) is 0 Å². The molecule has 0 unspecified atom stereocenters. The summed E-state index contributed by atoms with van der Waals surface area (Å²) in [4.78, 5) is 24.5. The van der Waals surface area contributed by atoms with E-state index < -0.39 is 0 Å². The van der Waals surface area contributed by atoms with Crippen molar-refractivity contribution >= 4 is 11.9 Å². The van der Waals surface area contributed by atoms with Crippen LogP contribution in [-0.4, -0.2) is 44.6 Å². The Bertz CT molecular complexity index is 475. The Balaban J connectivity index is 2.29. The van der Waals surface area contributed by atoms with E-state index in [1.165, 1.54) is 4.90 Å². The maximum atomic E-state index is 11.6. The smallest absolute Gasteiger partial charge is 0.315 e. The highest BCUT2D eigenvalue weighted by atomic mass is 16.5. The van der Waals surface area contributed by atoms with Gasteiger partial charge in [0.25, 0.3) is 0 Å². The van der Waals surface area contributed by atoms with E-state index in [1.54, 1.807) is 21.2 Å². The predicted octanol–water partition coefficient (Wildman–Crippen LogP) is 1.11. The standard InChI is InChI=1S/C15H23N3O3/c1-18(2)14(19)7-8-16-15(20)17-10-12-5-4-6-13(9-12)11-21-3/h4-6,9H,7-8,10-11H2,1-3H3,(H2,16,17,20). The van der Waals surface area contributed by atoms with Gasteiger partial charge >= 0.3 is 6.03 Å². The minimum Gasteiger partial charge on any atom is -0.380 e.